The molecule has 0 amide bonds. The van der Waals surface area contributed by atoms with Crippen LogP contribution in [0.5, 0.6) is 0 Å². The minimum Gasteiger partial charge on any atom is -0.383 e. The largest absolute Gasteiger partial charge is 0.383 e. The maximum atomic E-state index is 11.9. The number of hydrogen-bond acceptors (Lipinski definition) is 5. The predicted octanol–water partition coefficient (Wildman–Crippen LogP) is -0.891. The van der Waals surface area contributed by atoms with Crippen LogP contribution in [0.4, 0.5) is 0 Å². The lowest BCUT2D eigenvalue weighted by Crippen LogP contribution is -2.40. The Hall–Kier alpha value is -0.960. The molecule has 1 fully saturated rings. The Morgan fingerprint density at radius 1 is 1.44 bits per heavy atom. The lowest BCUT2D eigenvalue weighted by molar-refractivity contribution is 0.00222. The third-order valence-electron chi connectivity index (χ3n) is 3.20. The molecule has 1 aromatic heterocycles. The zero-order valence-corrected chi connectivity index (χ0v) is 11.3. The average molecular weight is 274 g/mol. The van der Waals surface area contributed by atoms with Gasteiger partial charge in [0.1, 0.15) is 11.9 Å². The monoisotopic (exact) mass is 274 g/mol. The van der Waals surface area contributed by atoms with Crippen molar-refractivity contribution in [1.29, 1.82) is 0 Å². The highest BCUT2D eigenvalue weighted by Gasteiger charge is 2.34. The minimum atomic E-state index is -3.56. The van der Waals surface area contributed by atoms with Gasteiger partial charge in [-0.15, -0.1) is 0 Å². The Morgan fingerprint density at radius 2 is 2.06 bits per heavy atom. The van der Waals surface area contributed by atoms with Crippen molar-refractivity contribution in [2.75, 3.05) is 27.2 Å². The second kappa shape index (κ2) is 4.61. The molecule has 1 aliphatic rings. The van der Waals surface area contributed by atoms with Crippen molar-refractivity contribution in [2.24, 2.45) is 0 Å². The van der Waals surface area contributed by atoms with Gasteiger partial charge in [0, 0.05) is 20.3 Å². The van der Waals surface area contributed by atoms with E-state index in [0.29, 0.717) is 31.6 Å². The summed E-state index contributed by atoms with van der Waals surface area (Å²) in [7, 11) is -0.655. The second-order valence-corrected chi connectivity index (χ2v) is 6.71. The van der Waals surface area contributed by atoms with Crippen molar-refractivity contribution in [3.8, 4) is 0 Å². The number of aliphatic hydroxyl groups is 1. The first-order chi connectivity index (χ1) is 8.36. The van der Waals surface area contributed by atoms with Gasteiger partial charge in [-0.3, -0.25) is 0 Å². The van der Waals surface area contributed by atoms with Crippen LogP contribution < -0.4 is 5.32 Å². The van der Waals surface area contributed by atoms with Crippen molar-refractivity contribution in [3.63, 3.8) is 0 Å². The molecule has 0 radical (unpaired) electrons. The van der Waals surface area contributed by atoms with Gasteiger partial charge in [-0.2, -0.15) is 12.7 Å². The summed E-state index contributed by atoms with van der Waals surface area (Å²) in [4.78, 5) is 4.04. The molecule has 2 N–H and O–H groups in total. The van der Waals surface area contributed by atoms with Crippen molar-refractivity contribution in [2.45, 2.75) is 18.4 Å². The van der Waals surface area contributed by atoms with E-state index < -0.39 is 15.8 Å². The zero-order valence-electron chi connectivity index (χ0n) is 10.5. The number of rotatable bonds is 3. The summed E-state index contributed by atoms with van der Waals surface area (Å²) in [5, 5.41) is 13.6. The van der Waals surface area contributed by atoms with Gasteiger partial charge >= 0.3 is 10.2 Å². The van der Waals surface area contributed by atoms with E-state index in [9.17, 15) is 13.5 Å². The molecule has 7 nitrogen and oxygen atoms in total. The van der Waals surface area contributed by atoms with E-state index in [1.165, 1.54) is 26.6 Å². The first-order valence-corrected chi connectivity index (χ1v) is 7.16. The molecule has 0 saturated carbocycles. The number of imidazole rings is 1. The summed E-state index contributed by atoms with van der Waals surface area (Å²) in [5.41, 5.74) is -0.618. The molecule has 0 aromatic carbocycles. The molecule has 2 rings (SSSR count). The predicted molar refractivity (Wildman–Crippen MR) is 66.2 cm³/mol. The first-order valence-electron chi connectivity index (χ1n) is 5.77. The van der Waals surface area contributed by atoms with Gasteiger partial charge in [0.2, 0.25) is 0 Å². The van der Waals surface area contributed by atoms with E-state index >= 15 is 0 Å². The molecule has 18 heavy (non-hydrogen) atoms. The molecule has 1 aromatic rings. The van der Waals surface area contributed by atoms with Gasteiger partial charge in [0.15, 0.2) is 0 Å². The van der Waals surface area contributed by atoms with Crippen LogP contribution in [0.1, 0.15) is 18.5 Å². The molecule has 0 bridgehead atoms. The Balaban J connectivity index is 2.31. The Morgan fingerprint density at radius 3 is 2.61 bits per heavy atom. The van der Waals surface area contributed by atoms with Crippen LogP contribution in [0.3, 0.4) is 0 Å². The molecule has 102 valence electrons. The summed E-state index contributed by atoms with van der Waals surface area (Å²) < 4.78 is 25.9. The highest BCUT2D eigenvalue weighted by atomic mass is 32.2. The number of hydrogen-bond donors (Lipinski definition) is 2. The maximum Gasteiger partial charge on any atom is 0.308 e. The number of piperidine rings is 1. The molecule has 2 heterocycles. The second-order valence-electron chi connectivity index (χ2n) is 4.66. The zero-order chi connectivity index (χ0) is 13.4. The van der Waals surface area contributed by atoms with E-state index in [0.717, 1.165) is 8.28 Å². The third-order valence-corrected chi connectivity index (χ3v) is 4.85. The summed E-state index contributed by atoms with van der Waals surface area (Å²) >= 11 is 0. The van der Waals surface area contributed by atoms with Crippen LogP contribution in [0, 0.1) is 0 Å². The molecular formula is C10H18N4O3S. The van der Waals surface area contributed by atoms with E-state index in [4.69, 9.17) is 0 Å². The van der Waals surface area contributed by atoms with Gasteiger partial charge in [-0.1, -0.05) is 0 Å². The summed E-state index contributed by atoms with van der Waals surface area (Å²) in [5.74, 6) is 0. The molecule has 0 aliphatic carbocycles. The lowest BCUT2D eigenvalue weighted by atomic mass is 9.90. The Kier molecular flexibility index (Phi) is 3.45. The molecule has 1 aliphatic heterocycles. The van der Waals surface area contributed by atoms with Gasteiger partial charge in [0.05, 0.1) is 5.69 Å². The molecule has 0 atom stereocenters. The quantitative estimate of drug-likeness (QED) is 0.746. The van der Waals surface area contributed by atoms with E-state index in [1.807, 2.05) is 0 Å². The average Bonchev–Trinajstić information content (AvgIpc) is 2.80. The van der Waals surface area contributed by atoms with E-state index in [1.54, 1.807) is 0 Å². The molecule has 0 unspecified atom stereocenters. The van der Waals surface area contributed by atoms with Crippen LogP contribution in [0.15, 0.2) is 12.5 Å². The Labute approximate surface area is 107 Å². The fourth-order valence-electron chi connectivity index (χ4n) is 1.96. The third kappa shape index (κ3) is 2.28. The van der Waals surface area contributed by atoms with Crippen LogP contribution >= 0.6 is 0 Å². The van der Waals surface area contributed by atoms with Crippen molar-refractivity contribution in [3.05, 3.63) is 18.2 Å². The summed E-state index contributed by atoms with van der Waals surface area (Å²) in [6.07, 6.45) is 3.68. The maximum absolute atomic E-state index is 11.9. The first kappa shape index (κ1) is 13.5. The van der Waals surface area contributed by atoms with Gasteiger partial charge in [-0.05, 0) is 25.9 Å². The van der Waals surface area contributed by atoms with Gasteiger partial charge < -0.3 is 10.4 Å². The highest BCUT2D eigenvalue weighted by Crippen LogP contribution is 2.29. The van der Waals surface area contributed by atoms with Crippen LogP contribution in [0.2, 0.25) is 0 Å². The number of nitrogens with one attached hydrogen (secondary N) is 1. The van der Waals surface area contributed by atoms with Crippen molar-refractivity contribution < 1.29 is 13.5 Å². The molecule has 1 saturated heterocycles. The smallest absolute Gasteiger partial charge is 0.308 e. The normalized spacial score (nSPS) is 20.2. The van der Waals surface area contributed by atoms with Crippen LogP contribution in [-0.4, -0.2) is 54.0 Å². The highest BCUT2D eigenvalue weighted by molar-refractivity contribution is 7.87. The van der Waals surface area contributed by atoms with E-state index in [-0.39, 0.29) is 0 Å². The fourth-order valence-corrected chi connectivity index (χ4v) is 2.73. The number of nitrogens with zero attached hydrogens (tertiary/aromatic N) is 3. The van der Waals surface area contributed by atoms with Crippen LogP contribution in [-0.2, 0) is 15.8 Å². The fraction of sp³-hybridized carbons (Fsp3) is 0.700. The molecule has 8 heteroatoms. The standard InChI is InChI=1S/C10H18N4O3S/c1-13(2)18(16,17)14-7-9(12-8-14)10(15)3-5-11-6-4-10/h7-8,11,15H,3-6H2,1-2H3. The van der Waals surface area contributed by atoms with Crippen LogP contribution in [0.25, 0.3) is 0 Å². The van der Waals surface area contributed by atoms with Crippen molar-refractivity contribution >= 4 is 10.2 Å². The molecular weight excluding hydrogens is 256 g/mol. The SMILES string of the molecule is CN(C)S(=O)(=O)n1cnc(C2(O)CCNCC2)c1. The summed E-state index contributed by atoms with van der Waals surface area (Å²) in [6.45, 7) is 1.40. The van der Waals surface area contributed by atoms with Gasteiger partial charge in [-0.25, -0.2) is 8.96 Å². The van der Waals surface area contributed by atoms with E-state index in [2.05, 4.69) is 10.3 Å². The Bertz CT molecular complexity index is 517. The molecule has 0 spiro atoms. The summed E-state index contributed by atoms with van der Waals surface area (Å²) in [6, 6.07) is 0. The van der Waals surface area contributed by atoms with Crippen molar-refractivity contribution in [1.82, 2.24) is 18.6 Å². The number of aromatic nitrogens is 2. The minimum absolute atomic E-state index is 0.412. The lowest BCUT2D eigenvalue weighted by Gasteiger charge is -2.30. The topological polar surface area (TPSA) is 87.5 Å². The van der Waals surface area contributed by atoms with Gasteiger partial charge in [0.25, 0.3) is 0 Å².